The third kappa shape index (κ3) is 3.18. The minimum absolute atomic E-state index is 0.0678. The molecule has 100 valence electrons. The number of rotatable bonds is 4. The molecule has 0 bridgehead atoms. The van der Waals surface area contributed by atoms with Crippen molar-refractivity contribution in [3.63, 3.8) is 0 Å². The van der Waals surface area contributed by atoms with Crippen LogP contribution in [-0.4, -0.2) is 11.7 Å². The van der Waals surface area contributed by atoms with Gasteiger partial charge in [-0.3, -0.25) is 0 Å². The van der Waals surface area contributed by atoms with E-state index in [9.17, 15) is 13.9 Å². The summed E-state index contributed by atoms with van der Waals surface area (Å²) in [6, 6.07) is 11.3. The van der Waals surface area contributed by atoms with Crippen molar-refractivity contribution in [3.8, 4) is 0 Å². The van der Waals surface area contributed by atoms with Gasteiger partial charge in [-0.1, -0.05) is 30.3 Å². The zero-order chi connectivity index (χ0) is 13.8. The molecule has 1 nitrogen and oxygen atoms in total. The van der Waals surface area contributed by atoms with Gasteiger partial charge in [0.1, 0.15) is 11.6 Å². The molecule has 2 rings (SSSR count). The van der Waals surface area contributed by atoms with Crippen LogP contribution in [0.4, 0.5) is 8.78 Å². The maximum atomic E-state index is 13.6. The number of aryl methyl sites for hydroxylation is 1. The van der Waals surface area contributed by atoms with Crippen LogP contribution in [0.2, 0.25) is 0 Å². The molecular formula is C16H16F2O. The first-order chi connectivity index (χ1) is 9.11. The number of hydrogen-bond donors (Lipinski definition) is 1. The molecule has 0 saturated carbocycles. The van der Waals surface area contributed by atoms with Crippen LogP contribution in [0.15, 0.2) is 42.5 Å². The van der Waals surface area contributed by atoms with Gasteiger partial charge in [0.2, 0.25) is 0 Å². The molecule has 3 heteroatoms. The van der Waals surface area contributed by atoms with Crippen molar-refractivity contribution >= 4 is 0 Å². The Morgan fingerprint density at radius 3 is 2.47 bits per heavy atom. The fourth-order valence-electron chi connectivity index (χ4n) is 2.27. The fraction of sp³-hybridized carbons (Fsp3) is 0.250. The Labute approximate surface area is 111 Å². The molecule has 0 spiro atoms. The maximum absolute atomic E-state index is 13.6. The van der Waals surface area contributed by atoms with E-state index >= 15 is 0 Å². The highest BCUT2D eigenvalue weighted by molar-refractivity contribution is 5.31. The summed E-state index contributed by atoms with van der Waals surface area (Å²) in [5.74, 6) is -1.33. The van der Waals surface area contributed by atoms with Crippen LogP contribution in [-0.2, 0) is 6.42 Å². The van der Waals surface area contributed by atoms with Crippen molar-refractivity contribution < 1.29 is 13.9 Å². The Morgan fingerprint density at radius 2 is 1.84 bits per heavy atom. The van der Waals surface area contributed by atoms with E-state index in [-0.39, 0.29) is 12.5 Å². The van der Waals surface area contributed by atoms with Crippen molar-refractivity contribution in [2.45, 2.75) is 19.3 Å². The molecule has 2 aromatic rings. The highest BCUT2D eigenvalue weighted by atomic mass is 19.1. The van der Waals surface area contributed by atoms with Crippen LogP contribution in [0.25, 0.3) is 0 Å². The predicted octanol–water partition coefficient (Wildman–Crippen LogP) is 3.59. The maximum Gasteiger partial charge on any atom is 0.129 e. The Kier molecular flexibility index (Phi) is 4.27. The largest absolute Gasteiger partial charge is 0.396 e. The minimum Gasteiger partial charge on any atom is -0.396 e. The topological polar surface area (TPSA) is 20.2 Å². The van der Waals surface area contributed by atoms with E-state index in [0.717, 1.165) is 17.2 Å². The second kappa shape index (κ2) is 5.93. The summed E-state index contributed by atoms with van der Waals surface area (Å²) in [6.07, 6.45) is 0.355. The van der Waals surface area contributed by atoms with E-state index in [1.807, 2.05) is 31.2 Å². The van der Waals surface area contributed by atoms with E-state index < -0.39 is 11.6 Å². The predicted molar refractivity (Wildman–Crippen MR) is 71.1 cm³/mol. The second-order valence-electron chi connectivity index (χ2n) is 4.68. The lowest BCUT2D eigenvalue weighted by Gasteiger charge is -2.17. The van der Waals surface area contributed by atoms with Crippen molar-refractivity contribution in [1.29, 1.82) is 0 Å². The van der Waals surface area contributed by atoms with Crippen LogP contribution in [0.1, 0.15) is 22.6 Å². The third-order valence-corrected chi connectivity index (χ3v) is 3.33. The van der Waals surface area contributed by atoms with E-state index in [1.54, 1.807) is 0 Å². The summed E-state index contributed by atoms with van der Waals surface area (Å²) < 4.78 is 26.5. The van der Waals surface area contributed by atoms with Gasteiger partial charge < -0.3 is 5.11 Å². The van der Waals surface area contributed by atoms with Crippen LogP contribution in [0, 0.1) is 18.6 Å². The Morgan fingerprint density at radius 1 is 1.11 bits per heavy atom. The van der Waals surface area contributed by atoms with Gasteiger partial charge in [0, 0.05) is 12.0 Å². The zero-order valence-corrected chi connectivity index (χ0v) is 10.7. The molecule has 0 heterocycles. The molecule has 0 fully saturated rings. The SMILES string of the molecule is Cc1ccccc1C(CO)Cc1ccc(F)cc1F. The first-order valence-corrected chi connectivity index (χ1v) is 6.22. The summed E-state index contributed by atoms with van der Waals surface area (Å²) in [5, 5.41) is 9.51. The summed E-state index contributed by atoms with van der Waals surface area (Å²) in [5.41, 5.74) is 2.47. The van der Waals surface area contributed by atoms with Gasteiger partial charge >= 0.3 is 0 Å². The van der Waals surface area contributed by atoms with Gasteiger partial charge in [-0.05, 0) is 36.1 Å². The lowest BCUT2D eigenvalue weighted by Crippen LogP contribution is -2.10. The molecule has 0 saturated heterocycles. The van der Waals surface area contributed by atoms with E-state index in [2.05, 4.69) is 0 Å². The molecule has 1 N–H and O–H groups in total. The van der Waals surface area contributed by atoms with Gasteiger partial charge in [-0.25, -0.2) is 8.78 Å². The molecule has 0 aromatic heterocycles. The average molecular weight is 262 g/mol. The van der Waals surface area contributed by atoms with Gasteiger partial charge in [-0.2, -0.15) is 0 Å². The molecule has 0 amide bonds. The highest BCUT2D eigenvalue weighted by Crippen LogP contribution is 2.24. The summed E-state index contributed by atoms with van der Waals surface area (Å²) in [4.78, 5) is 0. The molecule has 0 aliphatic heterocycles. The smallest absolute Gasteiger partial charge is 0.129 e. The first-order valence-electron chi connectivity index (χ1n) is 6.22. The highest BCUT2D eigenvalue weighted by Gasteiger charge is 2.15. The Hall–Kier alpha value is -1.74. The van der Waals surface area contributed by atoms with Crippen molar-refractivity contribution in [1.82, 2.24) is 0 Å². The average Bonchev–Trinajstić information content (AvgIpc) is 2.39. The number of aliphatic hydroxyl groups excluding tert-OH is 1. The monoisotopic (exact) mass is 262 g/mol. The number of halogens is 2. The number of hydrogen-bond acceptors (Lipinski definition) is 1. The van der Waals surface area contributed by atoms with Crippen LogP contribution < -0.4 is 0 Å². The molecule has 0 aliphatic rings. The fourth-order valence-corrected chi connectivity index (χ4v) is 2.27. The molecule has 19 heavy (non-hydrogen) atoms. The molecular weight excluding hydrogens is 246 g/mol. The van der Waals surface area contributed by atoms with Crippen LogP contribution >= 0.6 is 0 Å². The summed E-state index contributed by atoms with van der Waals surface area (Å²) >= 11 is 0. The standard InChI is InChI=1S/C16H16F2O/c1-11-4-2-3-5-15(11)13(10-19)8-12-6-7-14(17)9-16(12)18/h2-7,9,13,19H,8,10H2,1H3. The summed E-state index contributed by atoms with van der Waals surface area (Å²) in [7, 11) is 0. The quantitative estimate of drug-likeness (QED) is 0.892. The lowest BCUT2D eigenvalue weighted by molar-refractivity contribution is 0.263. The first kappa shape index (κ1) is 13.7. The Bertz CT molecular complexity index is 566. The second-order valence-corrected chi connectivity index (χ2v) is 4.68. The van der Waals surface area contributed by atoms with Gasteiger partial charge in [0.25, 0.3) is 0 Å². The number of benzene rings is 2. The Balaban J connectivity index is 2.27. The van der Waals surface area contributed by atoms with Gasteiger partial charge in [-0.15, -0.1) is 0 Å². The van der Waals surface area contributed by atoms with Gasteiger partial charge in [0.15, 0.2) is 0 Å². The normalized spacial score (nSPS) is 12.4. The van der Waals surface area contributed by atoms with Crippen molar-refractivity contribution in [2.24, 2.45) is 0 Å². The lowest BCUT2D eigenvalue weighted by atomic mass is 9.89. The van der Waals surface area contributed by atoms with Crippen molar-refractivity contribution in [2.75, 3.05) is 6.61 Å². The molecule has 1 unspecified atom stereocenters. The minimum atomic E-state index is -0.585. The molecule has 0 radical (unpaired) electrons. The van der Waals surface area contributed by atoms with Crippen LogP contribution in [0.3, 0.4) is 0 Å². The molecule has 0 aliphatic carbocycles. The molecule has 1 atom stereocenters. The van der Waals surface area contributed by atoms with E-state index in [1.165, 1.54) is 12.1 Å². The van der Waals surface area contributed by atoms with Crippen LogP contribution in [0.5, 0.6) is 0 Å². The van der Waals surface area contributed by atoms with E-state index in [4.69, 9.17) is 0 Å². The third-order valence-electron chi connectivity index (χ3n) is 3.33. The van der Waals surface area contributed by atoms with Crippen molar-refractivity contribution in [3.05, 3.63) is 70.8 Å². The summed E-state index contributed by atoms with van der Waals surface area (Å²) in [6.45, 7) is 1.89. The van der Waals surface area contributed by atoms with Gasteiger partial charge in [0.05, 0.1) is 6.61 Å². The zero-order valence-electron chi connectivity index (χ0n) is 10.7. The molecule has 2 aromatic carbocycles. The van der Waals surface area contributed by atoms with E-state index in [0.29, 0.717) is 12.0 Å². The number of aliphatic hydroxyl groups is 1.